The van der Waals surface area contributed by atoms with Gasteiger partial charge in [0.1, 0.15) is 12.4 Å². The third-order valence-corrected chi connectivity index (χ3v) is 5.49. The van der Waals surface area contributed by atoms with E-state index in [0.717, 1.165) is 12.0 Å². The van der Waals surface area contributed by atoms with Gasteiger partial charge in [0.05, 0.1) is 11.7 Å². The standard InChI is InChI=1S/C22H23ClN2O3/c1-21(2,3)22(9-10-25(22)20(26)27)15-28-19-12-17(13-24-14-19)8-7-16-5-4-6-18(23)11-16/h4-6,11-14H,9-10,15H2,1-3H3,(H,26,27)/t22-/m1/s1. The van der Waals surface area contributed by atoms with Crippen molar-refractivity contribution in [2.45, 2.75) is 32.7 Å². The Hall–Kier alpha value is -2.71. The summed E-state index contributed by atoms with van der Waals surface area (Å²) in [4.78, 5) is 17.3. The fraction of sp³-hybridized carbons (Fsp3) is 0.364. The van der Waals surface area contributed by atoms with E-state index in [1.807, 2.05) is 39.0 Å². The summed E-state index contributed by atoms with van der Waals surface area (Å²) in [6.45, 7) is 6.92. The van der Waals surface area contributed by atoms with Crippen LogP contribution in [0.4, 0.5) is 4.79 Å². The molecule has 1 saturated heterocycles. The van der Waals surface area contributed by atoms with Crippen molar-refractivity contribution >= 4 is 17.7 Å². The molecule has 0 aliphatic carbocycles. The number of carbonyl (C=O) groups is 1. The van der Waals surface area contributed by atoms with Crippen LogP contribution in [0.25, 0.3) is 0 Å². The normalized spacial score (nSPS) is 18.6. The highest BCUT2D eigenvalue weighted by Crippen LogP contribution is 2.45. The smallest absolute Gasteiger partial charge is 0.407 e. The minimum absolute atomic E-state index is 0.249. The van der Waals surface area contributed by atoms with Crippen molar-refractivity contribution < 1.29 is 14.6 Å². The second kappa shape index (κ2) is 7.73. The van der Waals surface area contributed by atoms with Crippen LogP contribution >= 0.6 is 11.6 Å². The number of carboxylic acid groups (broad SMARTS) is 1. The summed E-state index contributed by atoms with van der Waals surface area (Å²) in [6.07, 6.45) is 3.13. The largest absolute Gasteiger partial charge is 0.489 e. The predicted molar refractivity (Wildman–Crippen MR) is 109 cm³/mol. The summed E-state index contributed by atoms with van der Waals surface area (Å²) < 4.78 is 5.98. The first-order chi connectivity index (χ1) is 13.2. The maximum atomic E-state index is 11.6. The van der Waals surface area contributed by atoms with Crippen molar-refractivity contribution in [3.05, 3.63) is 58.9 Å². The maximum Gasteiger partial charge on any atom is 0.407 e. The first kappa shape index (κ1) is 20.0. The molecular formula is C22H23ClN2O3. The Labute approximate surface area is 170 Å². The number of hydrogen-bond acceptors (Lipinski definition) is 3. The third-order valence-electron chi connectivity index (χ3n) is 5.26. The highest BCUT2D eigenvalue weighted by molar-refractivity contribution is 6.30. The Morgan fingerprint density at radius 2 is 2.04 bits per heavy atom. The molecule has 6 heteroatoms. The lowest BCUT2D eigenvalue weighted by Crippen LogP contribution is -2.70. The van der Waals surface area contributed by atoms with E-state index in [4.69, 9.17) is 16.3 Å². The number of pyridine rings is 1. The number of ether oxygens (including phenoxy) is 1. The SMILES string of the molecule is CC(C)(C)[C@]1(COc2cncc(C#Cc3cccc(Cl)c3)c2)CCN1C(=O)O. The lowest BCUT2D eigenvalue weighted by atomic mass is 9.66. The van der Waals surface area contributed by atoms with Gasteiger partial charge in [0.15, 0.2) is 0 Å². The summed E-state index contributed by atoms with van der Waals surface area (Å²) in [5, 5.41) is 10.1. The Morgan fingerprint density at radius 1 is 1.29 bits per heavy atom. The molecule has 2 aromatic rings. The van der Waals surface area contributed by atoms with Crippen LogP contribution in [0.15, 0.2) is 42.7 Å². The number of likely N-dealkylation sites (tertiary alicyclic amines) is 1. The molecule has 0 bridgehead atoms. The first-order valence-corrected chi connectivity index (χ1v) is 9.45. The van der Waals surface area contributed by atoms with Crippen molar-refractivity contribution in [3.63, 3.8) is 0 Å². The van der Waals surface area contributed by atoms with Crippen LogP contribution in [-0.2, 0) is 0 Å². The predicted octanol–water partition coefficient (Wildman–Crippen LogP) is 4.68. The molecule has 1 N–H and O–H groups in total. The molecule has 1 aliphatic heterocycles. The van der Waals surface area contributed by atoms with Gasteiger partial charge < -0.3 is 9.84 Å². The van der Waals surface area contributed by atoms with E-state index >= 15 is 0 Å². The molecule has 1 amide bonds. The zero-order valence-electron chi connectivity index (χ0n) is 16.2. The van der Waals surface area contributed by atoms with Crippen molar-refractivity contribution in [2.75, 3.05) is 13.2 Å². The Bertz CT molecular complexity index is 943. The summed E-state index contributed by atoms with van der Waals surface area (Å²) >= 11 is 5.98. The molecule has 0 radical (unpaired) electrons. The van der Waals surface area contributed by atoms with Crippen LogP contribution in [0.3, 0.4) is 0 Å². The van der Waals surface area contributed by atoms with E-state index in [1.54, 1.807) is 24.5 Å². The van der Waals surface area contributed by atoms with Crippen LogP contribution in [0.1, 0.15) is 38.3 Å². The second-order valence-corrected chi connectivity index (χ2v) is 8.36. The van der Waals surface area contributed by atoms with Gasteiger partial charge in [-0.25, -0.2) is 4.79 Å². The highest BCUT2D eigenvalue weighted by atomic mass is 35.5. The molecule has 2 heterocycles. The molecule has 1 atom stereocenters. The van der Waals surface area contributed by atoms with Gasteiger partial charge in [0.2, 0.25) is 0 Å². The number of halogens is 1. The van der Waals surface area contributed by atoms with E-state index in [1.165, 1.54) is 4.90 Å². The van der Waals surface area contributed by atoms with Gasteiger partial charge in [-0.2, -0.15) is 0 Å². The van der Waals surface area contributed by atoms with Crippen LogP contribution in [-0.4, -0.2) is 39.8 Å². The number of aromatic nitrogens is 1. The van der Waals surface area contributed by atoms with Crippen molar-refractivity contribution in [3.8, 4) is 17.6 Å². The topological polar surface area (TPSA) is 62.7 Å². The van der Waals surface area contributed by atoms with Gasteiger partial charge in [-0.1, -0.05) is 50.3 Å². The number of hydrogen-bond donors (Lipinski definition) is 1. The molecule has 146 valence electrons. The number of benzene rings is 1. The number of rotatable bonds is 3. The fourth-order valence-corrected chi connectivity index (χ4v) is 3.59. The van der Waals surface area contributed by atoms with E-state index in [2.05, 4.69) is 16.8 Å². The highest BCUT2D eigenvalue weighted by Gasteiger charge is 2.55. The van der Waals surface area contributed by atoms with Gasteiger partial charge in [-0.3, -0.25) is 9.88 Å². The first-order valence-electron chi connectivity index (χ1n) is 9.07. The lowest BCUT2D eigenvalue weighted by Gasteiger charge is -2.57. The van der Waals surface area contributed by atoms with Gasteiger partial charge in [-0.15, -0.1) is 0 Å². The van der Waals surface area contributed by atoms with Crippen LogP contribution in [0.5, 0.6) is 5.75 Å². The zero-order chi connectivity index (χ0) is 20.4. The molecule has 1 aliphatic rings. The number of amides is 1. The summed E-state index contributed by atoms with van der Waals surface area (Å²) in [5.74, 6) is 6.68. The molecule has 1 aromatic carbocycles. The quantitative estimate of drug-likeness (QED) is 0.762. The Kier molecular flexibility index (Phi) is 5.53. The van der Waals surface area contributed by atoms with Crippen LogP contribution < -0.4 is 4.74 Å². The van der Waals surface area contributed by atoms with E-state index in [0.29, 0.717) is 22.9 Å². The lowest BCUT2D eigenvalue weighted by molar-refractivity contribution is -0.0962. The Balaban J connectivity index is 1.75. The molecule has 0 saturated carbocycles. The summed E-state index contributed by atoms with van der Waals surface area (Å²) in [6, 6.07) is 9.14. The molecule has 0 spiro atoms. The molecule has 0 unspecified atom stereocenters. The maximum absolute atomic E-state index is 11.6. The van der Waals surface area contributed by atoms with E-state index in [-0.39, 0.29) is 12.0 Å². The average molecular weight is 399 g/mol. The average Bonchev–Trinajstić information content (AvgIpc) is 2.58. The Morgan fingerprint density at radius 3 is 2.64 bits per heavy atom. The van der Waals surface area contributed by atoms with Crippen LogP contribution in [0.2, 0.25) is 5.02 Å². The molecule has 5 nitrogen and oxygen atoms in total. The fourth-order valence-electron chi connectivity index (χ4n) is 3.40. The van der Waals surface area contributed by atoms with E-state index in [9.17, 15) is 9.90 Å². The van der Waals surface area contributed by atoms with Crippen LogP contribution in [0, 0.1) is 17.3 Å². The zero-order valence-corrected chi connectivity index (χ0v) is 17.0. The van der Waals surface area contributed by atoms with Gasteiger partial charge in [0.25, 0.3) is 0 Å². The summed E-state index contributed by atoms with van der Waals surface area (Å²) in [5.41, 5.74) is 0.727. The molecule has 1 fully saturated rings. The van der Waals surface area contributed by atoms with Gasteiger partial charge in [-0.05, 0) is 36.1 Å². The van der Waals surface area contributed by atoms with Gasteiger partial charge in [0, 0.05) is 28.9 Å². The molecule has 3 rings (SSSR count). The summed E-state index contributed by atoms with van der Waals surface area (Å²) in [7, 11) is 0. The van der Waals surface area contributed by atoms with E-state index < -0.39 is 11.6 Å². The molecule has 1 aromatic heterocycles. The number of nitrogens with zero attached hydrogens (tertiary/aromatic N) is 2. The molecular weight excluding hydrogens is 376 g/mol. The van der Waals surface area contributed by atoms with Gasteiger partial charge >= 0.3 is 6.09 Å². The van der Waals surface area contributed by atoms with Crippen molar-refractivity contribution in [1.82, 2.24) is 9.88 Å². The van der Waals surface area contributed by atoms with Crippen molar-refractivity contribution in [2.24, 2.45) is 5.41 Å². The van der Waals surface area contributed by atoms with Crippen molar-refractivity contribution in [1.29, 1.82) is 0 Å². The third kappa shape index (κ3) is 4.07. The molecule has 28 heavy (non-hydrogen) atoms. The monoisotopic (exact) mass is 398 g/mol. The minimum atomic E-state index is -0.913. The second-order valence-electron chi connectivity index (χ2n) is 7.92. The minimum Gasteiger partial charge on any atom is -0.489 e.